The van der Waals surface area contributed by atoms with Crippen molar-refractivity contribution in [1.29, 1.82) is 0 Å². The van der Waals surface area contributed by atoms with Gasteiger partial charge in [-0.1, -0.05) is 27.7 Å². The molecule has 0 heterocycles. The van der Waals surface area contributed by atoms with E-state index >= 15 is 0 Å². The van der Waals surface area contributed by atoms with Crippen LogP contribution in [0.4, 0.5) is 0 Å². The van der Waals surface area contributed by atoms with E-state index in [0.717, 1.165) is 9.37 Å². The van der Waals surface area contributed by atoms with Crippen molar-refractivity contribution >= 4 is 34.5 Å². The molecule has 0 bridgehead atoms. The van der Waals surface area contributed by atoms with E-state index in [1.54, 1.807) is 6.07 Å². The van der Waals surface area contributed by atoms with E-state index in [1.165, 1.54) is 0 Å². The Kier molecular flexibility index (Phi) is 6.40. The summed E-state index contributed by atoms with van der Waals surface area (Å²) in [6, 6.07) is 5.48. The third-order valence-corrected chi connectivity index (χ3v) is 4.38. The van der Waals surface area contributed by atoms with Crippen LogP contribution in [0.25, 0.3) is 0 Å². The van der Waals surface area contributed by atoms with Crippen LogP contribution >= 0.6 is 28.6 Å². The molecule has 0 fully saturated rings. The number of carbonyl (C=O) groups excluding carboxylic acids is 1. The van der Waals surface area contributed by atoms with Crippen LogP contribution < -0.4 is 5.32 Å². The van der Waals surface area contributed by atoms with Crippen LogP contribution in [-0.2, 0) is 0 Å². The van der Waals surface area contributed by atoms with Gasteiger partial charge < -0.3 is 5.32 Å². The molecule has 0 saturated carbocycles. The van der Waals surface area contributed by atoms with Crippen LogP contribution in [0.5, 0.6) is 0 Å². The fourth-order valence-corrected chi connectivity index (χ4v) is 2.86. The standard InChI is InChI=1S/C15H22BrNOS/c1-9(2)13(10(3)4)8-17-15(18)12-7-11(19)5-6-14(12)16/h5-7,9-10,13,19H,8H2,1-4H3,(H,17,18). The summed E-state index contributed by atoms with van der Waals surface area (Å²) in [4.78, 5) is 13.0. The second-order valence-electron chi connectivity index (χ2n) is 5.53. The molecule has 2 nitrogen and oxygen atoms in total. The van der Waals surface area contributed by atoms with Crippen LogP contribution in [-0.4, -0.2) is 12.5 Å². The van der Waals surface area contributed by atoms with E-state index in [4.69, 9.17) is 0 Å². The predicted octanol–water partition coefficient (Wildman–Crippen LogP) is 4.40. The van der Waals surface area contributed by atoms with Gasteiger partial charge in [-0.25, -0.2) is 0 Å². The summed E-state index contributed by atoms with van der Waals surface area (Å²) in [6.45, 7) is 9.49. The van der Waals surface area contributed by atoms with Crippen molar-refractivity contribution in [1.82, 2.24) is 5.32 Å². The van der Waals surface area contributed by atoms with Gasteiger partial charge in [0, 0.05) is 15.9 Å². The van der Waals surface area contributed by atoms with Crippen molar-refractivity contribution in [2.24, 2.45) is 17.8 Å². The molecular weight excluding hydrogens is 322 g/mol. The molecule has 0 spiro atoms. The molecule has 1 N–H and O–H groups in total. The summed E-state index contributed by atoms with van der Waals surface area (Å²) >= 11 is 7.67. The third kappa shape index (κ3) is 4.84. The first kappa shape index (κ1) is 16.6. The molecule has 106 valence electrons. The molecule has 1 aromatic rings. The predicted molar refractivity (Wildman–Crippen MR) is 86.9 cm³/mol. The lowest BCUT2D eigenvalue weighted by molar-refractivity contribution is 0.0936. The Morgan fingerprint density at radius 2 is 1.84 bits per heavy atom. The van der Waals surface area contributed by atoms with Gasteiger partial charge in [-0.2, -0.15) is 0 Å². The number of nitrogens with one attached hydrogen (secondary N) is 1. The molecule has 0 aromatic heterocycles. The monoisotopic (exact) mass is 343 g/mol. The lowest BCUT2D eigenvalue weighted by Crippen LogP contribution is -2.34. The zero-order valence-corrected chi connectivity index (χ0v) is 14.4. The van der Waals surface area contributed by atoms with Gasteiger partial charge in [0.15, 0.2) is 0 Å². The van der Waals surface area contributed by atoms with Gasteiger partial charge in [0.1, 0.15) is 0 Å². The molecule has 1 aromatic carbocycles. The number of hydrogen-bond acceptors (Lipinski definition) is 2. The number of halogens is 1. The highest BCUT2D eigenvalue weighted by Gasteiger charge is 2.19. The second kappa shape index (κ2) is 7.34. The quantitative estimate of drug-likeness (QED) is 0.762. The number of carbonyl (C=O) groups is 1. The Morgan fingerprint density at radius 3 is 2.37 bits per heavy atom. The Labute approximate surface area is 129 Å². The lowest BCUT2D eigenvalue weighted by atomic mass is 9.85. The normalized spacial score (nSPS) is 11.4. The summed E-state index contributed by atoms with van der Waals surface area (Å²) in [5.41, 5.74) is 0.638. The molecule has 0 unspecified atom stereocenters. The van der Waals surface area contributed by atoms with Crippen molar-refractivity contribution in [2.75, 3.05) is 6.54 Å². The smallest absolute Gasteiger partial charge is 0.252 e. The fraction of sp³-hybridized carbons (Fsp3) is 0.533. The molecule has 0 atom stereocenters. The Balaban J connectivity index is 2.72. The zero-order chi connectivity index (χ0) is 14.6. The first-order valence-electron chi connectivity index (χ1n) is 6.59. The first-order valence-corrected chi connectivity index (χ1v) is 7.83. The van der Waals surface area contributed by atoms with Gasteiger partial charge in [0.2, 0.25) is 0 Å². The Morgan fingerprint density at radius 1 is 1.26 bits per heavy atom. The number of benzene rings is 1. The van der Waals surface area contributed by atoms with Gasteiger partial charge in [-0.05, 0) is 51.9 Å². The van der Waals surface area contributed by atoms with E-state index < -0.39 is 0 Å². The molecule has 0 saturated heterocycles. The SMILES string of the molecule is CC(C)C(CNC(=O)c1cc(S)ccc1Br)C(C)C. The highest BCUT2D eigenvalue weighted by Crippen LogP contribution is 2.22. The maximum atomic E-state index is 12.2. The average molecular weight is 344 g/mol. The van der Waals surface area contributed by atoms with Crippen molar-refractivity contribution < 1.29 is 4.79 Å². The maximum Gasteiger partial charge on any atom is 0.252 e. The highest BCUT2D eigenvalue weighted by molar-refractivity contribution is 9.10. The van der Waals surface area contributed by atoms with E-state index in [-0.39, 0.29) is 5.91 Å². The van der Waals surface area contributed by atoms with Crippen LogP contribution in [0.2, 0.25) is 0 Å². The molecule has 0 radical (unpaired) electrons. The van der Waals surface area contributed by atoms with Crippen LogP contribution in [0, 0.1) is 17.8 Å². The summed E-state index contributed by atoms with van der Waals surface area (Å²) in [7, 11) is 0. The minimum Gasteiger partial charge on any atom is -0.352 e. The molecule has 0 aliphatic carbocycles. The maximum absolute atomic E-state index is 12.2. The topological polar surface area (TPSA) is 29.1 Å². The molecule has 1 rings (SSSR count). The second-order valence-corrected chi connectivity index (χ2v) is 6.90. The summed E-state index contributed by atoms with van der Waals surface area (Å²) < 4.78 is 0.799. The molecule has 1 amide bonds. The third-order valence-electron chi connectivity index (χ3n) is 3.41. The van der Waals surface area contributed by atoms with E-state index in [2.05, 4.69) is 61.6 Å². The average Bonchev–Trinajstić information content (AvgIpc) is 2.31. The number of rotatable bonds is 5. The lowest BCUT2D eigenvalue weighted by Gasteiger charge is -2.25. The van der Waals surface area contributed by atoms with E-state index in [0.29, 0.717) is 29.9 Å². The van der Waals surface area contributed by atoms with E-state index in [9.17, 15) is 4.79 Å². The van der Waals surface area contributed by atoms with Crippen molar-refractivity contribution in [2.45, 2.75) is 32.6 Å². The fourth-order valence-electron chi connectivity index (χ4n) is 2.23. The van der Waals surface area contributed by atoms with Gasteiger partial charge >= 0.3 is 0 Å². The summed E-state index contributed by atoms with van der Waals surface area (Å²) in [6.07, 6.45) is 0. The highest BCUT2D eigenvalue weighted by atomic mass is 79.9. The minimum absolute atomic E-state index is 0.0472. The molecule has 0 aliphatic heterocycles. The van der Waals surface area contributed by atoms with Crippen molar-refractivity contribution in [3.63, 3.8) is 0 Å². The molecule has 0 aliphatic rings. The number of thiol groups is 1. The van der Waals surface area contributed by atoms with Crippen molar-refractivity contribution in [3.05, 3.63) is 28.2 Å². The van der Waals surface area contributed by atoms with Crippen LogP contribution in [0.1, 0.15) is 38.1 Å². The van der Waals surface area contributed by atoms with Gasteiger partial charge in [-0.3, -0.25) is 4.79 Å². The largest absolute Gasteiger partial charge is 0.352 e. The van der Waals surface area contributed by atoms with Crippen LogP contribution in [0.3, 0.4) is 0 Å². The Hall–Kier alpha value is -0.480. The van der Waals surface area contributed by atoms with Gasteiger partial charge in [0.05, 0.1) is 5.56 Å². The van der Waals surface area contributed by atoms with Gasteiger partial charge in [-0.15, -0.1) is 12.6 Å². The number of amides is 1. The molecular formula is C15H22BrNOS. The molecule has 19 heavy (non-hydrogen) atoms. The summed E-state index contributed by atoms with van der Waals surface area (Å²) in [5.74, 6) is 1.55. The number of hydrogen-bond donors (Lipinski definition) is 2. The Bertz CT molecular complexity index is 438. The summed E-state index contributed by atoms with van der Waals surface area (Å²) in [5, 5.41) is 3.03. The minimum atomic E-state index is -0.0472. The van der Waals surface area contributed by atoms with Gasteiger partial charge in [0.25, 0.3) is 5.91 Å². The molecule has 4 heteroatoms. The van der Waals surface area contributed by atoms with E-state index in [1.807, 2.05) is 12.1 Å². The zero-order valence-electron chi connectivity index (χ0n) is 11.9. The van der Waals surface area contributed by atoms with Crippen LogP contribution in [0.15, 0.2) is 27.6 Å². The first-order chi connectivity index (χ1) is 8.82. The van der Waals surface area contributed by atoms with Crippen molar-refractivity contribution in [3.8, 4) is 0 Å².